The largest absolute Gasteiger partial charge is 0.481 e. The first-order chi connectivity index (χ1) is 9.35. The summed E-state index contributed by atoms with van der Waals surface area (Å²) < 4.78 is 43.0. The molecule has 0 spiro atoms. The predicted molar refractivity (Wildman–Crippen MR) is 67.8 cm³/mol. The van der Waals surface area contributed by atoms with Crippen molar-refractivity contribution in [3.63, 3.8) is 0 Å². The zero-order valence-corrected chi connectivity index (χ0v) is 12.3. The van der Waals surface area contributed by atoms with Crippen molar-refractivity contribution in [3.8, 4) is 0 Å². The van der Waals surface area contributed by atoms with Crippen LogP contribution in [0.2, 0.25) is 0 Å². The van der Waals surface area contributed by atoms with Crippen molar-refractivity contribution in [2.75, 3.05) is 13.1 Å². The highest BCUT2D eigenvalue weighted by Crippen LogP contribution is 2.41. The fraction of sp³-hybridized carbons (Fsp3) is 0.846. The first-order valence-corrected chi connectivity index (χ1v) is 6.63. The SMILES string of the molecule is CC(C)(C)OC(=O)N1CCCC(CC(F)(F)F)(C(=O)O)C1. The van der Waals surface area contributed by atoms with Gasteiger partial charge in [-0.25, -0.2) is 4.79 Å². The fourth-order valence-electron chi connectivity index (χ4n) is 2.39. The van der Waals surface area contributed by atoms with Gasteiger partial charge in [0.1, 0.15) is 5.60 Å². The van der Waals surface area contributed by atoms with Gasteiger partial charge in [0.2, 0.25) is 0 Å². The fourth-order valence-corrected chi connectivity index (χ4v) is 2.39. The second-order valence-corrected chi connectivity index (χ2v) is 6.38. The van der Waals surface area contributed by atoms with E-state index in [9.17, 15) is 27.9 Å². The van der Waals surface area contributed by atoms with Crippen molar-refractivity contribution < 1.29 is 32.6 Å². The van der Waals surface area contributed by atoms with Gasteiger partial charge in [-0.3, -0.25) is 4.79 Å². The van der Waals surface area contributed by atoms with Crippen molar-refractivity contribution >= 4 is 12.1 Å². The maximum absolute atomic E-state index is 12.6. The number of carboxylic acids is 1. The van der Waals surface area contributed by atoms with Crippen LogP contribution in [-0.2, 0) is 9.53 Å². The van der Waals surface area contributed by atoms with Crippen LogP contribution in [0.1, 0.15) is 40.0 Å². The summed E-state index contributed by atoms with van der Waals surface area (Å²) >= 11 is 0. The minimum atomic E-state index is -4.60. The number of carboxylic acid groups (broad SMARTS) is 1. The van der Waals surface area contributed by atoms with E-state index in [1.165, 1.54) is 0 Å². The quantitative estimate of drug-likeness (QED) is 0.851. The summed E-state index contributed by atoms with van der Waals surface area (Å²) in [5.41, 5.74) is -2.78. The van der Waals surface area contributed by atoms with E-state index in [4.69, 9.17) is 4.74 Å². The van der Waals surface area contributed by atoms with Gasteiger partial charge in [0.25, 0.3) is 0 Å². The number of amides is 1. The van der Waals surface area contributed by atoms with Gasteiger partial charge in [0, 0.05) is 13.1 Å². The molecule has 5 nitrogen and oxygen atoms in total. The van der Waals surface area contributed by atoms with Crippen LogP contribution >= 0.6 is 0 Å². The minimum Gasteiger partial charge on any atom is -0.481 e. The number of halogens is 3. The molecule has 122 valence electrons. The third-order valence-corrected chi connectivity index (χ3v) is 3.22. The Hall–Kier alpha value is -1.47. The first kappa shape index (κ1) is 17.6. The third-order valence-electron chi connectivity index (χ3n) is 3.22. The lowest BCUT2D eigenvalue weighted by Crippen LogP contribution is -2.52. The van der Waals surface area contributed by atoms with Gasteiger partial charge >= 0.3 is 18.2 Å². The molecule has 1 aliphatic heterocycles. The molecule has 0 bridgehead atoms. The summed E-state index contributed by atoms with van der Waals surface area (Å²) in [6.07, 6.45) is -6.75. The Balaban J connectivity index is 2.89. The molecule has 0 aromatic rings. The van der Waals surface area contributed by atoms with Gasteiger partial charge in [-0.15, -0.1) is 0 Å². The summed E-state index contributed by atoms with van der Waals surface area (Å²) in [6.45, 7) is 4.61. The summed E-state index contributed by atoms with van der Waals surface area (Å²) in [5.74, 6) is -1.53. The molecule has 1 amide bonds. The van der Waals surface area contributed by atoms with Crippen molar-refractivity contribution in [2.24, 2.45) is 5.41 Å². The van der Waals surface area contributed by atoms with Crippen molar-refractivity contribution in [3.05, 3.63) is 0 Å². The second kappa shape index (κ2) is 5.73. The van der Waals surface area contributed by atoms with Gasteiger partial charge in [-0.1, -0.05) is 0 Å². The van der Waals surface area contributed by atoms with E-state index in [-0.39, 0.29) is 19.4 Å². The van der Waals surface area contributed by atoms with Crippen LogP contribution in [-0.4, -0.2) is 46.9 Å². The number of piperidine rings is 1. The van der Waals surface area contributed by atoms with Crippen LogP contribution in [0.5, 0.6) is 0 Å². The Morgan fingerprint density at radius 3 is 2.29 bits per heavy atom. The Labute approximate surface area is 121 Å². The minimum absolute atomic E-state index is 0.110. The maximum atomic E-state index is 12.6. The Kier molecular flexibility index (Phi) is 4.80. The van der Waals surface area contributed by atoms with E-state index < -0.39 is 42.2 Å². The molecule has 1 N–H and O–H groups in total. The molecule has 0 aliphatic carbocycles. The zero-order chi connectivity index (χ0) is 16.5. The summed E-state index contributed by atoms with van der Waals surface area (Å²) in [6, 6.07) is 0. The molecule has 1 aliphatic rings. The van der Waals surface area contributed by atoms with Crippen LogP contribution in [0.4, 0.5) is 18.0 Å². The van der Waals surface area contributed by atoms with E-state index in [0.29, 0.717) is 0 Å². The lowest BCUT2D eigenvalue weighted by Gasteiger charge is -2.40. The average molecular weight is 311 g/mol. The van der Waals surface area contributed by atoms with Crippen LogP contribution < -0.4 is 0 Å². The number of carbonyl (C=O) groups excluding carboxylic acids is 1. The van der Waals surface area contributed by atoms with Crippen LogP contribution in [0.3, 0.4) is 0 Å². The number of ether oxygens (including phenoxy) is 1. The molecular weight excluding hydrogens is 291 g/mol. The molecule has 8 heteroatoms. The Morgan fingerprint density at radius 2 is 1.86 bits per heavy atom. The molecule has 1 saturated heterocycles. The molecule has 1 heterocycles. The van der Waals surface area contributed by atoms with Gasteiger partial charge in [0.15, 0.2) is 0 Å². The average Bonchev–Trinajstić information content (AvgIpc) is 2.24. The van der Waals surface area contributed by atoms with E-state index in [2.05, 4.69) is 0 Å². The summed E-state index contributed by atoms with van der Waals surface area (Å²) in [5, 5.41) is 9.21. The molecule has 21 heavy (non-hydrogen) atoms. The number of alkyl halides is 3. The number of nitrogens with zero attached hydrogens (tertiary/aromatic N) is 1. The second-order valence-electron chi connectivity index (χ2n) is 6.38. The smallest absolute Gasteiger partial charge is 0.410 e. The lowest BCUT2D eigenvalue weighted by molar-refractivity contribution is -0.184. The van der Waals surface area contributed by atoms with E-state index in [1.807, 2.05) is 0 Å². The van der Waals surface area contributed by atoms with E-state index >= 15 is 0 Å². The van der Waals surface area contributed by atoms with Gasteiger partial charge < -0.3 is 14.7 Å². The topological polar surface area (TPSA) is 66.8 Å². The molecule has 0 aromatic heterocycles. The van der Waals surface area contributed by atoms with E-state index in [1.54, 1.807) is 20.8 Å². The third kappa shape index (κ3) is 5.09. The van der Waals surface area contributed by atoms with Crippen molar-refractivity contribution in [1.29, 1.82) is 0 Å². The number of hydrogen-bond donors (Lipinski definition) is 1. The highest BCUT2D eigenvalue weighted by atomic mass is 19.4. The highest BCUT2D eigenvalue weighted by molar-refractivity contribution is 5.77. The number of carbonyl (C=O) groups is 2. The number of rotatable bonds is 2. The number of likely N-dealkylation sites (tertiary alicyclic amines) is 1. The monoisotopic (exact) mass is 311 g/mol. The lowest BCUT2D eigenvalue weighted by atomic mass is 9.77. The highest BCUT2D eigenvalue weighted by Gasteiger charge is 2.51. The molecule has 0 saturated carbocycles. The number of aliphatic carboxylic acids is 1. The van der Waals surface area contributed by atoms with Crippen molar-refractivity contribution in [2.45, 2.75) is 51.8 Å². The molecular formula is C13H20F3NO4. The summed E-state index contributed by atoms with van der Waals surface area (Å²) in [4.78, 5) is 24.3. The normalized spacial score (nSPS) is 23.8. The molecule has 0 radical (unpaired) electrons. The zero-order valence-electron chi connectivity index (χ0n) is 12.3. The van der Waals surface area contributed by atoms with Gasteiger partial charge in [-0.2, -0.15) is 13.2 Å². The van der Waals surface area contributed by atoms with Crippen LogP contribution in [0, 0.1) is 5.41 Å². The van der Waals surface area contributed by atoms with Crippen LogP contribution in [0.25, 0.3) is 0 Å². The summed E-state index contributed by atoms with van der Waals surface area (Å²) in [7, 11) is 0. The van der Waals surface area contributed by atoms with E-state index in [0.717, 1.165) is 4.90 Å². The van der Waals surface area contributed by atoms with Crippen molar-refractivity contribution in [1.82, 2.24) is 4.90 Å². The van der Waals surface area contributed by atoms with Gasteiger partial charge in [-0.05, 0) is 33.6 Å². The maximum Gasteiger partial charge on any atom is 0.410 e. The molecule has 0 aromatic carbocycles. The molecule has 1 fully saturated rings. The van der Waals surface area contributed by atoms with Crippen LogP contribution in [0.15, 0.2) is 0 Å². The molecule has 1 atom stereocenters. The standard InChI is InChI=1S/C13H20F3NO4/c1-11(2,3)21-10(20)17-6-4-5-12(8-17,9(18)19)7-13(14,15)16/h4-8H2,1-3H3,(H,18,19). The Bertz CT molecular complexity index is 417. The number of hydrogen-bond acceptors (Lipinski definition) is 3. The Morgan fingerprint density at radius 1 is 1.29 bits per heavy atom. The first-order valence-electron chi connectivity index (χ1n) is 6.63. The molecule has 1 rings (SSSR count). The molecule has 1 unspecified atom stereocenters. The van der Waals surface area contributed by atoms with Gasteiger partial charge in [0.05, 0.1) is 11.8 Å². The predicted octanol–water partition coefficient (Wildman–Crippen LogP) is 3.04.